The smallest absolute Gasteiger partial charge is 0.273 e. The molecule has 1 N–H and O–H groups in total. The highest BCUT2D eigenvalue weighted by Crippen LogP contribution is 2.32. The molecule has 0 atom stereocenters. The van der Waals surface area contributed by atoms with Crippen LogP contribution in [0, 0.1) is 0 Å². The van der Waals surface area contributed by atoms with Crippen LogP contribution in [0.4, 0.5) is 0 Å². The summed E-state index contributed by atoms with van der Waals surface area (Å²) >= 11 is 6.60. The number of nitrogens with zero attached hydrogens (tertiary/aromatic N) is 2. The number of rotatable bonds is 2. The van der Waals surface area contributed by atoms with Crippen molar-refractivity contribution in [2.75, 3.05) is 26.2 Å². The Morgan fingerprint density at radius 3 is 3.00 bits per heavy atom. The minimum absolute atomic E-state index is 0.0480. The first-order chi connectivity index (χ1) is 9.74. The molecule has 1 amide bonds. The Morgan fingerprint density at radius 2 is 2.20 bits per heavy atom. The fourth-order valence-electron chi connectivity index (χ4n) is 2.12. The number of thiophene rings is 1. The average Bonchev–Trinajstić information content (AvgIpc) is 3.00. The Kier molecular flexibility index (Phi) is 4.50. The lowest BCUT2D eigenvalue weighted by Gasteiger charge is -2.18. The van der Waals surface area contributed by atoms with Gasteiger partial charge in [-0.05, 0) is 35.0 Å². The summed E-state index contributed by atoms with van der Waals surface area (Å²) in [4.78, 5) is 19.9. The predicted octanol–water partition coefficient (Wildman–Crippen LogP) is 3.07. The van der Waals surface area contributed by atoms with Crippen molar-refractivity contribution in [2.24, 2.45) is 0 Å². The third kappa shape index (κ3) is 3.11. The molecule has 1 aliphatic heterocycles. The molecule has 2 aromatic rings. The molecule has 0 radical (unpaired) electrons. The second-order valence-corrected chi connectivity index (χ2v) is 7.25. The second kappa shape index (κ2) is 6.34. The largest absolute Gasteiger partial charge is 0.336 e. The standard InChI is InChI=1S/C13H14BrN3OS2/c14-9-6-11(19-7-9)12-16-10(8-20-12)13(18)17-4-1-2-15-3-5-17/h6-8,15H,1-5H2. The van der Waals surface area contributed by atoms with E-state index in [0.29, 0.717) is 5.69 Å². The molecule has 3 heterocycles. The molecule has 0 spiro atoms. The third-order valence-corrected chi connectivity index (χ3v) is 5.83. The van der Waals surface area contributed by atoms with E-state index < -0.39 is 0 Å². The number of aromatic nitrogens is 1. The molecule has 2 aromatic heterocycles. The molecule has 0 aliphatic carbocycles. The van der Waals surface area contributed by atoms with E-state index in [4.69, 9.17) is 0 Å². The lowest BCUT2D eigenvalue weighted by Crippen LogP contribution is -2.34. The lowest BCUT2D eigenvalue weighted by atomic mass is 10.3. The molecular weight excluding hydrogens is 358 g/mol. The summed E-state index contributed by atoms with van der Waals surface area (Å²) in [7, 11) is 0. The predicted molar refractivity (Wildman–Crippen MR) is 86.5 cm³/mol. The highest BCUT2D eigenvalue weighted by Gasteiger charge is 2.20. The molecule has 0 unspecified atom stereocenters. The van der Waals surface area contributed by atoms with Crippen LogP contribution in [0.5, 0.6) is 0 Å². The SMILES string of the molecule is O=C(c1csc(-c2cc(Br)cs2)n1)N1CCCNCC1. The molecule has 0 saturated carbocycles. The molecular formula is C13H14BrN3OS2. The van der Waals surface area contributed by atoms with E-state index in [9.17, 15) is 4.79 Å². The van der Waals surface area contributed by atoms with E-state index in [2.05, 4.69) is 26.2 Å². The molecule has 1 fully saturated rings. The maximum atomic E-state index is 12.4. The Hall–Kier alpha value is -0.760. The van der Waals surface area contributed by atoms with Crippen LogP contribution in [-0.2, 0) is 0 Å². The zero-order chi connectivity index (χ0) is 13.9. The van der Waals surface area contributed by atoms with Gasteiger partial charge >= 0.3 is 0 Å². The average molecular weight is 372 g/mol. The number of carbonyl (C=O) groups excluding carboxylic acids is 1. The summed E-state index contributed by atoms with van der Waals surface area (Å²) in [5.41, 5.74) is 0.566. The number of hydrogen-bond acceptors (Lipinski definition) is 5. The van der Waals surface area contributed by atoms with Crippen molar-refractivity contribution in [2.45, 2.75) is 6.42 Å². The normalized spacial score (nSPS) is 16.1. The fourth-order valence-corrected chi connectivity index (χ4v) is 4.42. The van der Waals surface area contributed by atoms with Gasteiger partial charge in [0.15, 0.2) is 0 Å². The lowest BCUT2D eigenvalue weighted by molar-refractivity contribution is 0.0761. The van der Waals surface area contributed by atoms with Crippen LogP contribution < -0.4 is 5.32 Å². The summed E-state index contributed by atoms with van der Waals surface area (Å²) in [6.07, 6.45) is 1.00. The van der Waals surface area contributed by atoms with Gasteiger partial charge in [-0.3, -0.25) is 4.79 Å². The van der Waals surface area contributed by atoms with Crippen molar-refractivity contribution in [3.8, 4) is 9.88 Å². The van der Waals surface area contributed by atoms with Crippen molar-refractivity contribution in [1.82, 2.24) is 15.2 Å². The Labute approximate surface area is 134 Å². The summed E-state index contributed by atoms with van der Waals surface area (Å²) in [5.74, 6) is 0.0480. The van der Waals surface area contributed by atoms with Gasteiger partial charge in [0.05, 0.1) is 4.88 Å². The summed E-state index contributed by atoms with van der Waals surface area (Å²) in [6.45, 7) is 3.41. The topological polar surface area (TPSA) is 45.2 Å². The van der Waals surface area contributed by atoms with E-state index in [1.54, 1.807) is 11.3 Å². The van der Waals surface area contributed by atoms with Crippen LogP contribution in [0.1, 0.15) is 16.9 Å². The van der Waals surface area contributed by atoms with Crippen LogP contribution >= 0.6 is 38.6 Å². The first-order valence-electron chi connectivity index (χ1n) is 6.44. The molecule has 4 nitrogen and oxygen atoms in total. The minimum Gasteiger partial charge on any atom is -0.336 e. The fraction of sp³-hybridized carbons (Fsp3) is 0.385. The van der Waals surface area contributed by atoms with Gasteiger partial charge in [-0.15, -0.1) is 22.7 Å². The van der Waals surface area contributed by atoms with E-state index in [0.717, 1.165) is 47.0 Å². The summed E-state index contributed by atoms with van der Waals surface area (Å²) < 4.78 is 1.05. The van der Waals surface area contributed by atoms with Gasteiger partial charge in [-0.2, -0.15) is 0 Å². The van der Waals surface area contributed by atoms with Gasteiger partial charge in [0.1, 0.15) is 10.7 Å². The maximum Gasteiger partial charge on any atom is 0.273 e. The van der Waals surface area contributed by atoms with Gasteiger partial charge in [-0.1, -0.05) is 0 Å². The van der Waals surface area contributed by atoms with Crippen LogP contribution in [-0.4, -0.2) is 42.0 Å². The van der Waals surface area contributed by atoms with Crippen LogP contribution in [0.15, 0.2) is 21.3 Å². The second-order valence-electron chi connectivity index (χ2n) is 4.56. The number of thiazole rings is 1. The van der Waals surface area contributed by atoms with Gasteiger partial charge in [0.25, 0.3) is 5.91 Å². The molecule has 3 rings (SSSR count). The van der Waals surface area contributed by atoms with Crippen molar-refractivity contribution in [1.29, 1.82) is 0 Å². The van der Waals surface area contributed by atoms with Gasteiger partial charge in [0.2, 0.25) is 0 Å². The Balaban J connectivity index is 1.77. The third-order valence-electron chi connectivity index (χ3n) is 3.13. The van der Waals surface area contributed by atoms with E-state index in [1.165, 1.54) is 11.3 Å². The number of carbonyl (C=O) groups is 1. The molecule has 0 aromatic carbocycles. The first kappa shape index (κ1) is 14.2. The molecule has 1 aliphatic rings. The number of amides is 1. The quantitative estimate of drug-likeness (QED) is 0.881. The molecule has 1 saturated heterocycles. The Bertz CT molecular complexity index is 602. The van der Waals surface area contributed by atoms with E-state index in [-0.39, 0.29) is 5.91 Å². The Morgan fingerprint density at radius 1 is 1.30 bits per heavy atom. The zero-order valence-corrected chi connectivity index (χ0v) is 14.0. The van der Waals surface area contributed by atoms with Crippen LogP contribution in [0.2, 0.25) is 0 Å². The van der Waals surface area contributed by atoms with Crippen LogP contribution in [0.3, 0.4) is 0 Å². The number of halogens is 1. The first-order valence-corrected chi connectivity index (χ1v) is 8.99. The van der Waals surface area contributed by atoms with Crippen LogP contribution in [0.25, 0.3) is 9.88 Å². The van der Waals surface area contributed by atoms with E-state index in [1.807, 2.05) is 21.7 Å². The van der Waals surface area contributed by atoms with Gasteiger partial charge in [0, 0.05) is 34.9 Å². The van der Waals surface area contributed by atoms with Gasteiger partial charge < -0.3 is 10.2 Å². The molecule has 0 bridgehead atoms. The monoisotopic (exact) mass is 371 g/mol. The molecule has 7 heteroatoms. The van der Waals surface area contributed by atoms with Crippen molar-refractivity contribution < 1.29 is 4.79 Å². The van der Waals surface area contributed by atoms with Crippen molar-refractivity contribution >= 4 is 44.5 Å². The number of hydrogen-bond donors (Lipinski definition) is 1. The molecule has 20 heavy (non-hydrogen) atoms. The minimum atomic E-state index is 0.0480. The highest BCUT2D eigenvalue weighted by atomic mass is 79.9. The highest BCUT2D eigenvalue weighted by molar-refractivity contribution is 9.10. The van der Waals surface area contributed by atoms with Gasteiger partial charge in [-0.25, -0.2) is 4.98 Å². The number of nitrogens with one attached hydrogen (secondary N) is 1. The maximum absolute atomic E-state index is 12.4. The summed E-state index contributed by atoms with van der Waals surface area (Å²) in [5, 5.41) is 8.11. The van der Waals surface area contributed by atoms with E-state index >= 15 is 0 Å². The summed E-state index contributed by atoms with van der Waals surface area (Å²) in [6, 6.07) is 2.04. The van der Waals surface area contributed by atoms with Crippen molar-refractivity contribution in [3.05, 3.63) is 27.0 Å². The zero-order valence-electron chi connectivity index (χ0n) is 10.8. The molecule has 106 valence electrons. The van der Waals surface area contributed by atoms with Crippen molar-refractivity contribution in [3.63, 3.8) is 0 Å².